The van der Waals surface area contributed by atoms with E-state index in [1.807, 2.05) is 0 Å². The minimum absolute atomic E-state index is 0.0477. The van der Waals surface area contributed by atoms with Crippen molar-refractivity contribution in [3.8, 4) is 0 Å². The van der Waals surface area contributed by atoms with Crippen LogP contribution >= 0.6 is 0 Å². The monoisotopic (exact) mass is 396 g/mol. The highest BCUT2D eigenvalue weighted by atomic mass is 32.2. The normalized spacial score (nSPS) is 22.3. The molecular weight excluding hydrogens is 372 g/mol. The highest BCUT2D eigenvalue weighted by Gasteiger charge is 2.29. The molecule has 0 bridgehead atoms. The summed E-state index contributed by atoms with van der Waals surface area (Å²) in [5, 5.41) is 5.52. The van der Waals surface area contributed by atoms with Crippen LogP contribution in [-0.4, -0.2) is 87.1 Å². The van der Waals surface area contributed by atoms with Crippen molar-refractivity contribution >= 4 is 21.7 Å². The molecule has 2 amide bonds. The van der Waals surface area contributed by atoms with E-state index in [1.54, 1.807) is 0 Å². The third kappa shape index (κ3) is 5.72. The zero-order chi connectivity index (χ0) is 19.3. The zero-order valence-electron chi connectivity index (χ0n) is 15.0. The standard InChI is InChI=1S/C17H24N4O5S/c22-16(19-2-3-21-4-6-26-7-5-21)13-9-14(11-18-10-13)17(23)20-15-1-8-27(24,25)12-15/h9-11,15H,1-8,12H2,(H,19,22)(H,20,23). The van der Waals surface area contributed by atoms with Gasteiger partial charge in [0.05, 0.1) is 35.8 Å². The Morgan fingerprint density at radius 2 is 1.89 bits per heavy atom. The summed E-state index contributed by atoms with van der Waals surface area (Å²) in [6.45, 7) is 4.34. The highest BCUT2D eigenvalue weighted by molar-refractivity contribution is 7.91. The van der Waals surface area contributed by atoms with E-state index in [2.05, 4.69) is 20.5 Å². The van der Waals surface area contributed by atoms with Gasteiger partial charge in [-0.3, -0.25) is 19.5 Å². The number of nitrogens with one attached hydrogen (secondary N) is 2. The molecule has 0 aromatic carbocycles. The Morgan fingerprint density at radius 1 is 1.19 bits per heavy atom. The minimum atomic E-state index is -3.07. The van der Waals surface area contributed by atoms with Crippen LogP contribution in [0.15, 0.2) is 18.5 Å². The van der Waals surface area contributed by atoms with Gasteiger partial charge in [-0.15, -0.1) is 0 Å². The third-order valence-electron chi connectivity index (χ3n) is 4.65. The largest absolute Gasteiger partial charge is 0.379 e. The summed E-state index contributed by atoms with van der Waals surface area (Å²) in [7, 11) is -3.07. The fraction of sp³-hybridized carbons (Fsp3) is 0.588. The van der Waals surface area contributed by atoms with Crippen LogP contribution in [0.1, 0.15) is 27.1 Å². The number of aromatic nitrogens is 1. The van der Waals surface area contributed by atoms with Crippen molar-refractivity contribution in [2.24, 2.45) is 0 Å². The maximum Gasteiger partial charge on any atom is 0.253 e. The number of rotatable bonds is 6. The molecule has 2 N–H and O–H groups in total. The van der Waals surface area contributed by atoms with Gasteiger partial charge in [0.25, 0.3) is 11.8 Å². The number of hydrogen-bond acceptors (Lipinski definition) is 7. The Hall–Kier alpha value is -2.04. The molecule has 148 valence electrons. The number of ether oxygens (including phenoxy) is 1. The van der Waals surface area contributed by atoms with E-state index in [0.717, 1.165) is 19.6 Å². The lowest BCUT2D eigenvalue weighted by molar-refractivity contribution is 0.0383. The van der Waals surface area contributed by atoms with Gasteiger partial charge in [-0.1, -0.05) is 0 Å². The maximum absolute atomic E-state index is 12.3. The maximum atomic E-state index is 12.3. The van der Waals surface area contributed by atoms with E-state index in [0.29, 0.717) is 31.7 Å². The van der Waals surface area contributed by atoms with Gasteiger partial charge >= 0.3 is 0 Å². The number of morpholine rings is 1. The molecule has 9 nitrogen and oxygen atoms in total. The van der Waals surface area contributed by atoms with Gasteiger partial charge in [-0.25, -0.2) is 8.42 Å². The van der Waals surface area contributed by atoms with Crippen molar-refractivity contribution in [2.45, 2.75) is 12.5 Å². The zero-order valence-corrected chi connectivity index (χ0v) is 15.8. The van der Waals surface area contributed by atoms with Gasteiger partial charge in [0.2, 0.25) is 0 Å². The number of nitrogens with zero attached hydrogens (tertiary/aromatic N) is 2. The first-order chi connectivity index (χ1) is 12.9. The van der Waals surface area contributed by atoms with Crippen LogP contribution in [0, 0.1) is 0 Å². The van der Waals surface area contributed by atoms with Gasteiger partial charge in [0, 0.05) is 44.6 Å². The van der Waals surface area contributed by atoms with Crippen molar-refractivity contribution in [1.82, 2.24) is 20.5 Å². The second-order valence-corrected chi connectivity index (χ2v) is 8.97. The Morgan fingerprint density at radius 3 is 2.56 bits per heavy atom. The Bertz CT molecular complexity index is 792. The van der Waals surface area contributed by atoms with E-state index >= 15 is 0 Å². The second kappa shape index (κ2) is 8.77. The fourth-order valence-electron chi connectivity index (χ4n) is 3.12. The molecule has 0 aliphatic carbocycles. The molecule has 2 fully saturated rings. The lowest BCUT2D eigenvalue weighted by atomic mass is 10.1. The van der Waals surface area contributed by atoms with E-state index in [4.69, 9.17) is 4.74 Å². The number of hydrogen-bond donors (Lipinski definition) is 2. The summed E-state index contributed by atoms with van der Waals surface area (Å²) in [4.78, 5) is 30.8. The number of amides is 2. The van der Waals surface area contributed by atoms with Crippen molar-refractivity contribution in [3.63, 3.8) is 0 Å². The predicted molar refractivity (Wildman–Crippen MR) is 98.4 cm³/mol. The minimum Gasteiger partial charge on any atom is -0.379 e. The number of sulfone groups is 1. The molecule has 2 saturated heterocycles. The molecule has 2 aliphatic heterocycles. The lowest BCUT2D eigenvalue weighted by Gasteiger charge is -2.26. The van der Waals surface area contributed by atoms with E-state index < -0.39 is 21.8 Å². The molecule has 0 spiro atoms. The summed E-state index contributed by atoms with van der Waals surface area (Å²) < 4.78 is 28.3. The first kappa shape index (κ1) is 19.7. The SMILES string of the molecule is O=C(NCCN1CCOCC1)c1cncc(C(=O)NC2CCS(=O)(=O)C2)c1. The fourth-order valence-corrected chi connectivity index (χ4v) is 4.79. The van der Waals surface area contributed by atoms with E-state index in [9.17, 15) is 18.0 Å². The van der Waals surface area contributed by atoms with E-state index in [1.165, 1.54) is 18.5 Å². The van der Waals surface area contributed by atoms with Crippen molar-refractivity contribution in [3.05, 3.63) is 29.6 Å². The molecule has 27 heavy (non-hydrogen) atoms. The van der Waals surface area contributed by atoms with Gasteiger partial charge in [-0.05, 0) is 12.5 Å². The smallest absolute Gasteiger partial charge is 0.253 e. The topological polar surface area (TPSA) is 118 Å². The summed E-state index contributed by atoms with van der Waals surface area (Å²) >= 11 is 0. The molecule has 1 aromatic heterocycles. The molecule has 10 heteroatoms. The molecule has 3 rings (SSSR count). The quantitative estimate of drug-likeness (QED) is 0.637. The van der Waals surface area contributed by atoms with Gasteiger partial charge in [0.15, 0.2) is 9.84 Å². The molecule has 2 aliphatic rings. The molecule has 3 heterocycles. The van der Waals surface area contributed by atoms with Crippen molar-refractivity contribution < 1.29 is 22.7 Å². The molecule has 1 unspecified atom stereocenters. The van der Waals surface area contributed by atoms with Gasteiger partial charge < -0.3 is 15.4 Å². The first-order valence-electron chi connectivity index (χ1n) is 8.97. The lowest BCUT2D eigenvalue weighted by Crippen LogP contribution is -2.41. The molecule has 0 radical (unpaired) electrons. The number of pyridine rings is 1. The Kier molecular flexibility index (Phi) is 6.40. The van der Waals surface area contributed by atoms with Crippen molar-refractivity contribution in [2.75, 3.05) is 50.9 Å². The summed E-state index contributed by atoms with van der Waals surface area (Å²) in [6, 6.07) is 1.07. The van der Waals surface area contributed by atoms with Crippen LogP contribution in [0.2, 0.25) is 0 Å². The first-order valence-corrected chi connectivity index (χ1v) is 10.8. The van der Waals surface area contributed by atoms with Crippen molar-refractivity contribution in [1.29, 1.82) is 0 Å². The van der Waals surface area contributed by atoms with Crippen LogP contribution in [0.5, 0.6) is 0 Å². The van der Waals surface area contributed by atoms with Crippen LogP contribution in [0.3, 0.4) is 0 Å². The van der Waals surface area contributed by atoms with Crippen LogP contribution in [-0.2, 0) is 14.6 Å². The van der Waals surface area contributed by atoms with Crippen LogP contribution in [0.4, 0.5) is 0 Å². The Labute approximate surface area is 158 Å². The molecule has 1 aromatic rings. The van der Waals surface area contributed by atoms with Gasteiger partial charge in [-0.2, -0.15) is 0 Å². The van der Waals surface area contributed by atoms with Gasteiger partial charge in [0.1, 0.15) is 0 Å². The average Bonchev–Trinajstić information content (AvgIpc) is 3.01. The van der Waals surface area contributed by atoms with Crippen LogP contribution < -0.4 is 10.6 Å². The van der Waals surface area contributed by atoms with Crippen LogP contribution in [0.25, 0.3) is 0 Å². The average molecular weight is 396 g/mol. The molecule has 1 atom stereocenters. The summed E-state index contributed by atoms with van der Waals surface area (Å²) in [6.07, 6.45) is 3.17. The molecular formula is C17H24N4O5S. The highest BCUT2D eigenvalue weighted by Crippen LogP contribution is 2.12. The second-order valence-electron chi connectivity index (χ2n) is 6.75. The number of carbonyl (C=O) groups excluding carboxylic acids is 2. The molecule has 0 saturated carbocycles. The predicted octanol–water partition coefficient (Wildman–Crippen LogP) is -0.939. The third-order valence-corrected chi connectivity index (χ3v) is 6.42. The van der Waals surface area contributed by atoms with E-state index in [-0.39, 0.29) is 23.0 Å². The summed E-state index contributed by atoms with van der Waals surface area (Å²) in [5.74, 6) is -0.684. The number of carbonyl (C=O) groups is 2. The Balaban J connectivity index is 1.51. The summed E-state index contributed by atoms with van der Waals surface area (Å²) in [5.41, 5.74) is 0.531.